The molecule has 126 valence electrons. The molecular formula is C18H21N3OS2. The van der Waals surface area contributed by atoms with Crippen LogP contribution in [-0.2, 0) is 23.6 Å². The Labute approximate surface area is 150 Å². The molecule has 4 nitrogen and oxygen atoms in total. The minimum absolute atomic E-state index is 0.136. The van der Waals surface area contributed by atoms with Crippen LogP contribution in [-0.4, -0.2) is 33.2 Å². The molecule has 2 aromatic heterocycles. The van der Waals surface area contributed by atoms with Gasteiger partial charge in [-0.1, -0.05) is 18.2 Å². The van der Waals surface area contributed by atoms with Gasteiger partial charge in [0.2, 0.25) is 5.91 Å². The molecular weight excluding hydrogens is 338 g/mol. The van der Waals surface area contributed by atoms with Gasteiger partial charge in [0.25, 0.3) is 0 Å². The number of benzene rings is 1. The monoisotopic (exact) mass is 359 g/mol. The highest BCUT2D eigenvalue weighted by Crippen LogP contribution is 2.20. The summed E-state index contributed by atoms with van der Waals surface area (Å²) < 4.78 is 2.06. The van der Waals surface area contributed by atoms with Crippen LogP contribution >= 0.6 is 23.1 Å². The van der Waals surface area contributed by atoms with Crippen molar-refractivity contribution in [2.75, 3.05) is 12.8 Å². The number of amides is 1. The number of hydrogen-bond acceptors (Lipinski definition) is 4. The number of rotatable bonds is 7. The van der Waals surface area contributed by atoms with Crippen LogP contribution in [0.25, 0.3) is 11.0 Å². The van der Waals surface area contributed by atoms with Gasteiger partial charge in [-0.2, -0.15) is 11.8 Å². The van der Waals surface area contributed by atoms with Crippen molar-refractivity contribution in [3.8, 4) is 0 Å². The zero-order valence-electron chi connectivity index (χ0n) is 13.9. The van der Waals surface area contributed by atoms with Crippen molar-refractivity contribution in [2.45, 2.75) is 25.8 Å². The molecule has 0 radical (unpaired) electrons. The summed E-state index contributed by atoms with van der Waals surface area (Å²) in [4.78, 5) is 20.7. The lowest BCUT2D eigenvalue weighted by Crippen LogP contribution is -2.33. The number of fused-ring (bicyclic) bond motifs is 1. The van der Waals surface area contributed by atoms with Crippen LogP contribution in [0, 0.1) is 0 Å². The van der Waals surface area contributed by atoms with E-state index in [1.165, 1.54) is 4.88 Å². The van der Waals surface area contributed by atoms with Gasteiger partial charge in [-0.05, 0) is 36.8 Å². The second-order valence-corrected chi connectivity index (χ2v) is 7.42. The third kappa shape index (κ3) is 3.65. The second-order valence-electron chi connectivity index (χ2n) is 5.52. The molecule has 0 atom stereocenters. The highest BCUT2D eigenvalue weighted by atomic mass is 32.2. The van der Waals surface area contributed by atoms with Gasteiger partial charge in [0.15, 0.2) is 0 Å². The first-order valence-electron chi connectivity index (χ1n) is 7.96. The maximum absolute atomic E-state index is 12.8. The largest absolute Gasteiger partial charge is 0.336 e. The average molecular weight is 360 g/mol. The minimum Gasteiger partial charge on any atom is -0.336 e. The third-order valence-electron chi connectivity index (χ3n) is 3.96. The number of nitrogens with zero attached hydrogens (tertiary/aromatic N) is 3. The summed E-state index contributed by atoms with van der Waals surface area (Å²) in [6, 6.07) is 12.1. The van der Waals surface area contributed by atoms with Crippen molar-refractivity contribution in [1.29, 1.82) is 0 Å². The maximum Gasteiger partial charge on any atom is 0.242 e. The number of imidazole rings is 1. The van der Waals surface area contributed by atoms with E-state index >= 15 is 0 Å². The van der Waals surface area contributed by atoms with E-state index in [0.29, 0.717) is 19.6 Å². The van der Waals surface area contributed by atoms with Gasteiger partial charge in [0.1, 0.15) is 12.4 Å². The molecule has 3 rings (SSSR count). The highest BCUT2D eigenvalue weighted by molar-refractivity contribution is 7.97. The van der Waals surface area contributed by atoms with Crippen LogP contribution in [0.4, 0.5) is 0 Å². The number of para-hydroxylation sites is 2. The van der Waals surface area contributed by atoms with Crippen molar-refractivity contribution in [2.24, 2.45) is 0 Å². The molecule has 1 aromatic carbocycles. The van der Waals surface area contributed by atoms with Crippen LogP contribution in [0.1, 0.15) is 17.6 Å². The fourth-order valence-electron chi connectivity index (χ4n) is 2.74. The van der Waals surface area contributed by atoms with Gasteiger partial charge >= 0.3 is 0 Å². The van der Waals surface area contributed by atoms with Crippen molar-refractivity contribution < 1.29 is 4.79 Å². The Hall–Kier alpha value is -1.79. The van der Waals surface area contributed by atoms with Crippen LogP contribution in [0.5, 0.6) is 0 Å². The van der Waals surface area contributed by atoms with Gasteiger partial charge in [-0.25, -0.2) is 4.98 Å². The normalized spacial score (nSPS) is 11.1. The van der Waals surface area contributed by atoms with Crippen LogP contribution in [0.2, 0.25) is 0 Å². The van der Waals surface area contributed by atoms with Crippen LogP contribution in [0.3, 0.4) is 0 Å². The first-order valence-corrected chi connectivity index (χ1v) is 10.2. The third-order valence-corrected chi connectivity index (χ3v) is 5.37. The SMILES string of the molecule is CCN(Cc1cccs1)C(=O)Cn1c(CSC)nc2ccccc21. The van der Waals surface area contributed by atoms with E-state index in [1.807, 2.05) is 47.5 Å². The second kappa shape index (κ2) is 7.85. The molecule has 24 heavy (non-hydrogen) atoms. The number of thioether (sulfide) groups is 1. The Kier molecular flexibility index (Phi) is 5.58. The van der Waals surface area contributed by atoms with Crippen molar-refractivity contribution in [3.63, 3.8) is 0 Å². The predicted octanol–water partition coefficient (Wildman–Crippen LogP) is 4.01. The first-order chi connectivity index (χ1) is 11.7. The van der Waals surface area contributed by atoms with Crippen molar-refractivity contribution >= 4 is 40.0 Å². The summed E-state index contributed by atoms with van der Waals surface area (Å²) in [5.74, 6) is 1.90. The van der Waals surface area contributed by atoms with Gasteiger partial charge in [0.05, 0.1) is 23.3 Å². The molecule has 0 aliphatic carbocycles. The molecule has 0 aliphatic heterocycles. The van der Waals surface area contributed by atoms with Crippen molar-refractivity contribution in [3.05, 3.63) is 52.5 Å². The van der Waals surface area contributed by atoms with E-state index in [1.54, 1.807) is 23.1 Å². The number of aromatic nitrogens is 2. The van der Waals surface area contributed by atoms with E-state index < -0.39 is 0 Å². The fraction of sp³-hybridized carbons (Fsp3) is 0.333. The van der Waals surface area contributed by atoms with E-state index in [-0.39, 0.29) is 5.91 Å². The lowest BCUT2D eigenvalue weighted by Gasteiger charge is -2.21. The molecule has 0 spiro atoms. The predicted molar refractivity (Wildman–Crippen MR) is 102 cm³/mol. The summed E-state index contributed by atoms with van der Waals surface area (Å²) in [5, 5.41) is 2.05. The number of thiophene rings is 1. The molecule has 3 aromatic rings. The van der Waals surface area contributed by atoms with E-state index in [4.69, 9.17) is 0 Å². The van der Waals surface area contributed by atoms with Gasteiger partial charge in [0, 0.05) is 11.4 Å². The Balaban J connectivity index is 1.84. The van der Waals surface area contributed by atoms with E-state index in [2.05, 4.69) is 21.9 Å². The fourth-order valence-corrected chi connectivity index (χ4v) is 3.94. The minimum atomic E-state index is 0.136. The molecule has 0 saturated carbocycles. The Morgan fingerprint density at radius 2 is 2.12 bits per heavy atom. The summed E-state index contributed by atoms with van der Waals surface area (Å²) in [6.07, 6.45) is 2.06. The number of hydrogen-bond donors (Lipinski definition) is 0. The molecule has 0 fully saturated rings. The smallest absolute Gasteiger partial charge is 0.242 e. The molecule has 0 aliphatic rings. The summed E-state index contributed by atoms with van der Waals surface area (Å²) in [7, 11) is 0. The standard InChI is InChI=1S/C18H21N3OS2/c1-3-20(11-14-7-6-10-24-14)18(22)12-21-16-9-5-4-8-15(16)19-17(21)13-23-2/h4-10H,3,11-13H2,1-2H3. The maximum atomic E-state index is 12.8. The lowest BCUT2D eigenvalue weighted by molar-refractivity contribution is -0.132. The molecule has 6 heteroatoms. The zero-order chi connectivity index (χ0) is 16.9. The number of likely N-dealkylation sites (N-methyl/N-ethyl adjacent to an activating group) is 1. The Morgan fingerprint density at radius 3 is 2.83 bits per heavy atom. The quantitative estimate of drug-likeness (QED) is 0.640. The molecule has 0 bridgehead atoms. The molecule has 0 unspecified atom stereocenters. The van der Waals surface area contributed by atoms with E-state index in [9.17, 15) is 4.79 Å². The topological polar surface area (TPSA) is 38.1 Å². The lowest BCUT2D eigenvalue weighted by atomic mass is 10.3. The van der Waals surface area contributed by atoms with Gasteiger partial charge in [-0.3, -0.25) is 4.79 Å². The van der Waals surface area contributed by atoms with Crippen LogP contribution in [0.15, 0.2) is 41.8 Å². The van der Waals surface area contributed by atoms with Crippen LogP contribution < -0.4 is 0 Å². The Bertz CT molecular complexity index is 811. The van der Waals surface area contributed by atoms with E-state index in [0.717, 1.165) is 22.6 Å². The molecule has 0 saturated heterocycles. The number of carbonyl (C=O) groups is 1. The summed E-state index contributed by atoms with van der Waals surface area (Å²) in [5.41, 5.74) is 1.98. The molecule has 1 amide bonds. The first kappa shape index (κ1) is 17.0. The molecule has 2 heterocycles. The summed E-state index contributed by atoms with van der Waals surface area (Å²) >= 11 is 3.41. The average Bonchev–Trinajstić information content (AvgIpc) is 3.21. The van der Waals surface area contributed by atoms with Crippen molar-refractivity contribution in [1.82, 2.24) is 14.5 Å². The highest BCUT2D eigenvalue weighted by Gasteiger charge is 2.17. The zero-order valence-corrected chi connectivity index (χ0v) is 15.6. The number of carbonyl (C=O) groups excluding carboxylic acids is 1. The van der Waals surface area contributed by atoms with Gasteiger partial charge in [-0.15, -0.1) is 11.3 Å². The Morgan fingerprint density at radius 1 is 1.29 bits per heavy atom. The van der Waals surface area contributed by atoms with Gasteiger partial charge < -0.3 is 9.47 Å². The summed E-state index contributed by atoms with van der Waals surface area (Å²) in [6.45, 7) is 3.76. The molecule has 0 N–H and O–H groups in total.